The predicted molar refractivity (Wildman–Crippen MR) is 446 cm³/mol. The molecule has 0 aliphatic rings. The summed E-state index contributed by atoms with van der Waals surface area (Å²) in [6, 6.07) is 148. The van der Waals surface area contributed by atoms with E-state index >= 15 is 0 Å². The summed E-state index contributed by atoms with van der Waals surface area (Å²) >= 11 is 0. The molecular formula is C100H66N4. The molecule has 0 aliphatic carbocycles. The minimum absolute atomic E-state index is 1.05. The van der Waals surface area contributed by atoms with Crippen LogP contribution in [-0.4, -0.2) is 0 Å². The van der Waals surface area contributed by atoms with Crippen molar-refractivity contribution in [2.75, 3.05) is 19.6 Å². The molecule has 0 atom stereocenters. The van der Waals surface area contributed by atoms with Gasteiger partial charge in [-0.3, -0.25) is 0 Å². The molecule has 104 heavy (non-hydrogen) atoms. The van der Waals surface area contributed by atoms with Crippen molar-refractivity contribution in [2.45, 2.75) is 0 Å². The van der Waals surface area contributed by atoms with Crippen LogP contribution in [0.15, 0.2) is 400 Å². The summed E-state index contributed by atoms with van der Waals surface area (Å²) < 4.78 is 0. The molecule has 20 aromatic rings. The Balaban J connectivity index is 0.679. The van der Waals surface area contributed by atoms with Crippen LogP contribution in [0.3, 0.4) is 0 Å². The molecule has 0 saturated carbocycles. The second kappa shape index (κ2) is 25.1. The molecular weight excluding hydrogens is 1260 g/mol. The Labute approximate surface area is 603 Å². The second-order valence-electron chi connectivity index (χ2n) is 27.2. The standard InChI is InChI=1S/C100H66N4/c1-3-23-71-61-83(51-45-67(71)21-1)101(79-53-57-81(58-54-79)103(97-63-73-25-5-9-29-85(73)89-33-13-17-37-93(89)97)98-64-74-26-6-10-30-86(74)90-34-14-18-38-94(90)98)77-47-41-69(42-48-77)70-43-49-78(50-44-70)102(84-52-46-68-22-2-4-24-72(68)62-84)80-55-59-82(60-56-80)104(99-65-75-27-7-11-31-87(75)91-35-15-19-39-95(91)99)100-66-76-28-8-12-32-88(76)92-36-16-20-40-96(92)100/h1-66H. The van der Waals surface area contributed by atoms with Crippen molar-refractivity contribution in [2.24, 2.45) is 0 Å². The van der Waals surface area contributed by atoms with Gasteiger partial charge in [-0.1, -0.05) is 279 Å². The number of fused-ring (bicyclic) bond motifs is 14. The highest BCUT2D eigenvalue weighted by atomic mass is 15.2. The summed E-state index contributed by atoms with van der Waals surface area (Å²) in [6.45, 7) is 0. The number of hydrogen-bond donors (Lipinski definition) is 0. The van der Waals surface area contributed by atoms with Gasteiger partial charge in [-0.05, 0) is 219 Å². The van der Waals surface area contributed by atoms with Gasteiger partial charge >= 0.3 is 0 Å². The quantitative estimate of drug-likeness (QED) is 0.107. The molecule has 0 fully saturated rings. The molecule has 0 heterocycles. The fraction of sp³-hybridized carbons (Fsp3) is 0. The first-order chi connectivity index (χ1) is 51.6. The van der Waals surface area contributed by atoms with Crippen LogP contribution in [0.4, 0.5) is 68.2 Å². The van der Waals surface area contributed by atoms with Crippen molar-refractivity contribution in [1.29, 1.82) is 0 Å². The van der Waals surface area contributed by atoms with E-state index in [1.807, 2.05) is 0 Å². The summed E-state index contributed by atoms with van der Waals surface area (Å²) in [4.78, 5) is 9.76. The highest BCUT2D eigenvalue weighted by Gasteiger charge is 2.25. The summed E-state index contributed by atoms with van der Waals surface area (Å²) in [5.74, 6) is 0. The number of nitrogens with zero attached hydrogens (tertiary/aromatic N) is 4. The van der Waals surface area contributed by atoms with Crippen LogP contribution in [0.25, 0.3) is 119 Å². The van der Waals surface area contributed by atoms with Gasteiger partial charge in [0.25, 0.3) is 0 Å². The average Bonchev–Trinajstić information content (AvgIpc) is 0.752. The third kappa shape index (κ3) is 10.4. The maximum Gasteiger partial charge on any atom is 0.0546 e. The summed E-state index contributed by atoms with van der Waals surface area (Å²) in [5.41, 5.74) is 15.2. The fourth-order valence-electron chi connectivity index (χ4n) is 16.3. The Bertz CT molecular complexity index is 6090. The van der Waals surface area contributed by atoms with E-state index in [-0.39, 0.29) is 0 Å². The molecule has 0 N–H and O–H groups in total. The molecule has 0 bridgehead atoms. The summed E-state index contributed by atoms with van der Waals surface area (Å²) in [7, 11) is 0. The van der Waals surface area contributed by atoms with Gasteiger partial charge in [0.2, 0.25) is 0 Å². The van der Waals surface area contributed by atoms with Crippen LogP contribution in [0, 0.1) is 0 Å². The molecule has 0 aliphatic heterocycles. The van der Waals surface area contributed by atoms with E-state index in [4.69, 9.17) is 0 Å². The largest absolute Gasteiger partial charge is 0.310 e. The first-order valence-corrected chi connectivity index (χ1v) is 35.8. The Morgan fingerprint density at radius 1 is 0.115 bits per heavy atom. The van der Waals surface area contributed by atoms with Crippen LogP contribution in [0.2, 0.25) is 0 Å². The minimum atomic E-state index is 1.05. The topological polar surface area (TPSA) is 13.0 Å². The lowest BCUT2D eigenvalue weighted by Crippen LogP contribution is -2.13. The first kappa shape index (κ1) is 60.2. The van der Waals surface area contributed by atoms with Crippen LogP contribution >= 0.6 is 0 Å². The summed E-state index contributed by atoms with van der Waals surface area (Å²) in [5, 5.41) is 24.1. The van der Waals surface area contributed by atoms with Crippen molar-refractivity contribution in [1.82, 2.24) is 0 Å². The van der Waals surface area contributed by atoms with Gasteiger partial charge in [-0.15, -0.1) is 0 Å². The van der Waals surface area contributed by atoms with Crippen molar-refractivity contribution >= 4 is 176 Å². The number of rotatable bonds is 13. The molecule has 486 valence electrons. The zero-order valence-corrected chi connectivity index (χ0v) is 56.9. The maximum atomic E-state index is 2.49. The molecule has 0 spiro atoms. The molecule has 0 unspecified atom stereocenters. The van der Waals surface area contributed by atoms with Gasteiger partial charge in [0.1, 0.15) is 0 Å². The molecule has 4 heteroatoms. The van der Waals surface area contributed by atoms with Crippen molar-refractivity contribution < 1.29 is 0 Å². The van der Waals surface area contributed by atoms with E-state index in [0.717, 1.165) is 79.4 Å². The SMILES string of the molecule is c1ccc2cc(N(c3ccc(-c4ccc(N(c5ccc(N(c6cc7ccccc7c7ccccc67)c6cc7ccccc7c7ccccc67)cc5)c5ccc6ccccc6c5)cc4)cc3)c3ccc(N(c4cc5ccccc5c5ccccc45)c4cc5ccccc5c5ccccc45)cc3)ccc2c1. The van der Waals surface area contributed by atoms with Gasteiger partial charge in [0.15, 0.2) is 0 Å². The van der Waals surface area contributed by atoms with E-state index < -0.39 is 0 Å². The van der Waals surface area contributed by atoms with Crippen molar-refractivity contribution in [3.63, 3.8) is 0 Å². The Morgan fingerprint density at radius 2 is 0.308 bits per heavy atom. The van der Waals surface area contributed by atoms with Gasteiger partial charge in [-0.25, -0.2) is 0 Å². The lowest BCUT2D eigenvalue weighted by molar-refractivity contribution is 1.27. The molecule has 20 aromatic carbocycles. The number of benzene rings is 20. The Morgan fingerprint density at radius 3 is 0.577 bits per heavy atom. The fourth-order valence-corrected chi connectivity index (χ4v) is 16.3. The zero-order chi connectivity index (χ0) is 68.6. The molecule has 0 saturated heterocycles. The highest BCUT2D eigenvalue weighted by Crippen LogP contribution is 2.50. The van der Waals surface area contributed by atoms with Crippen LogP contribution in [-0.2, 0) is 0 Å². The molecule has 0 radical (unpaired) electrons. The van der Waals surface area contributed by atoms with Gasteiger partial charge in [0, 0.05) is 67.0 Å². The first-order valence-electron chi connectivity index (χ1n) is 35.8. The molecule has 4 nitrogen and oxygen atoms in total. The third-order valence-electron chi connectivity index (χ3n) is 21.2. The van der Waals surface area contributed by atoms with Gasteiger partial charge in [0.05, 0.1) is 22.7 Å². The lowest BCUT2D eigenvalue weighted by Gasteiger charge is -2.31. The van der Waals surface area contributed by atoms with Crippen molar-refractivity contribution in [3.8, 4) is 11.1 Å². The minimum Gasteiger partial charge on any atom is -0.310 e. The number of anilines is 12. The lowest BCUT2D eigenvalue weighted by atomic mass is 9.96. The number of hydrogen-bond acceptors (Lipinski definition) is 4. The van der Waals surface area contributed by atoms with Crippen LogP contribution in [0.1, 0.15) is 0 Å². The normalized spacial score (nSPS) is 11.7. The zero-order valence-electron chi connectivity index (χ0n) is 56.9. The Hall–Kier alpha value is -13.8. The van der Waals surface area contributed by atoms with E-state index in [9.17, 15) is 0 Å². The van der Waals surface area contributed by atoms with Gasteiger partial charge < -0.3 is 19.6 Å². The summed E-state index contributed by atoms with van der Waals surface area (Å²) in [6.07, 6.45) is 0. The van der Waals surface area contributed by atoms with E-state index in [2.05, 4.69) is 420 Å². The predicted octanol–water partition coefficient (Wildman–Crippen LogP) is 28.8. The van der Waals surface area contributed by atoms with Crippen LogP contribution < -0.4 is 19.6 Å². The molecule has 0 amide bonds. The smallest absolute Gasteiger partial charge is 0.0546 e. The van der Waals surface area contributed by atoms with Crippen molar-refractivity contribution in [3.05, 3.63) is 400 Å². The second-order valence-corrected chi connectivity index (χ2v) is 27.2. The highest BCUT2D eigenvalue weighted by molar-refractivity contribution is 6.21. The third-order valence-corrected chi connectivity index (χ3v) is 21.2. The average molecular weight is 1320 g/mol. The van der Waals surface area contributed by atoms with E-state index in [1.165, 1.54) is 108 Å². The van der Waals surface area contributed by atoms with Gasteiger partial charge in [-0.2, -0.15) is 0 Å². The monoisotopic (exact) mass is 1320 g/mol. The van der Waals surface area contributed by atoms with E-state index in [1.54, 1.807) is 0 Å². The molecule has 0 aromatic heterocycles. The maximum absolute atomic E-state index is 2.49. The molecule has 20 rings (SSSR count). The van der Waals surface area contributed by atoms with E-state index in [0.29, 0.717) is 0 Å². The Kier molecular flexibility index (Phi) is 14.5. The van der Waals surface area contributed by atoms with Crippen LogP contribution in [0.5, 0.6) is 0 Å².